The fourth-order valence-electron chi connectivity index (χ4n) is 3.28. The summed E-state index contributed by atoms with van der Waals surface area (Å²) in [6.07, 6.45) is 5.08. The molecule has 1 saturated heterocycles. The van der Waals surface area contributed by atoms with Crippen molar-refractivity contribution < 1.29 is 4.79 Å². The summed E-state index contributed by atoms with van der Waals surface area (Å²) in [6, 6.07) is 12.0. The van der Waals surface area contributed by atoms with Crippen molar-refractivity contribution in [3.05, 3.63) is 48.2 Å². The summed E-state index contributed by atoms with van der Waals surface area (Å²) in [5.74, 6) is 0.0737. The van der Waals surface area contributed by atoms with E-state index in [2.05, 4.69) is 16.9 Å². The number of piperidine rings is 1. The quantitative estimate of drug-likeness (QED) is 0.697. The Balaban J connectivity index is 1.76. The molecule has 0 N–H and O–H groups in total. The molecule has 1 aliphatic rings. The van der Waals surface area contributed by atoms with Gasteiger partial charge in [-0.15, -0.1) is 11.3 Å². The summed E-state index contributed by atoms with van der Waals surface area (Å²) in [5.41, 5.74) is 2.31. The molecule has 0 spiro atoms. The number of hydrogen-bond donors (Lipinski definition) is 0. The maximum atomic E-state index is 13.1. The van der Waals surface area contributed by atoms with E-state index in [-0.39, 0.29) is 11.9 Å². The SMILES string of the molecule is C[C@@H]1CCCCN1C(=O)c1cccnc1-c1nc2ccccc2s1. The Morgan fingerprint density at radius 1 is 1.21 bits per heavy atom. The monoisotopic (exact) mass is 337 g/mol. The summed E-state index contributed by atoms with van der Waals surface area (Å²) in [4.78, 5) is 24.2. The van der Waals surface area contributed by atoms with Crippen LogP contribution in [0.4, 0.5) is 0 Å². The van der Waals surface area contributed by atoms with Crippen LogP contribution in [-0.4, -0.2) is 33.4 Å². The first-order chi connectivity index (χ1) is 11.7. The fraction of sp³-hybridized carbons (Fsp3) is 0.316. The normalized spacial score (nSPS) is 18.0. The molecule has 122 valence electrons. The largest absolute Gasteiger partial charge is 0.336 e. The summed E-state index contributed by atoms with van der Waals surface area (Å²) in [6.45, 7) is 2.96. The first kappa shape index (κ1) is 15.3. The van der Waals surface area contributed by atoms with Crippen molar-refractivity contribution in [1.82, 2.24) is 14.9 Å². The standard InChI is InChI=1S/C19H19N3OS/c1-13-7-4-5-12-22(13)19(23)14-8-6-11-20-17(14)18-21-15-9-2-3-10-16(15)24-18/h2-3,6,8-11,13H,4-5,7,12H2,1H3/t13-/m1/s1. The van der Waals surface area contributed by atoms with Crippen molar-refractivity contribution in [3.63, 3.8) is 0 Å². The average molecular weight is 337 g/mol. The summed E-state index contributed by atoms with van der Waals surface area (Å²) >= 11 is 1.59. The fourth-order valence-corrected chi connectivity index (χ4v) is 4.25. The van der Waals surface area contributed by atoms with Crippen LogP contribution < -0.4 is 0 Å². The molecule has 0 unspecified atom stereocenters. The second-order valence-corrected chi connectivity index (χ2v) is 7.26. The van der Waals surface area contributed by atoms with Crippen molar-refractivity contribution in [1.29, 1.82) is 0 Å². The molecule has 4 nitrogen and oxygen atoms in total. The van der Waals surface area contributed by atoms with E-state index in [9.17, 15) is 4.79 Å². The van der Waals surface area contributed by atoms with Crippen LogP contribution in [0.2, 0.25) is 0 Å². The van der Waals surface area contributed by atoms with E-state index in [4.69, 9.17) is 0 Å². The van der Waals surface area contributed by atoms with Gasteiger partial charge in [0.05, 0.1) is 15.8 Å². The molecule has 3 heterocycles. The van der Waals surface area contributed by atoms with Gasteiger partial charge in [0.25, 0.3) is 5.91 Å². The second kappa shape index (κ2) is 6.32. The Kier molecular flexibility index (Phi) is 4.02. The zero-order valence-corrected chi connectivity index (χ0v) is 14.4. The van der Waals surface area contributed by atoms with Gasteiger partial charge in [-0.3, -0.25) is 9.78 Å². The number of pyridine rings is 1. The minimum Gasteiger partial charge on any atom is -0.336 e. The van der Waals surface area contributed by atoms with E-state index < -0.39 is 0 Å². The van der Waals surface area contributed by atoms with Crippen LogP contribution in [0.25, 0.3) is 20.9 Å². The zero-order valence-electron chi connectivity index (χ0n) is 13.6. The molecule has 0 bridgehead atoms. The molecule has 24 heavy (non-hydrogen) atoms. The number of amides is 1. The predicted octanol–water partition coefficient (Wildman–Crippen LogP) is 4.37. The number of para-hydroxylation sites is 1. The number of carbonyl (C=O) groups is 1. The van der Waals surface area contributed by atoms with E-state index in [1.54, 1.807) is 17.5 Å². The van der Waals surface area contributed by atoms with Crippen molar-refractivity contribution in [2.75, 3.05) is 6.54 Å². The van der Waals surface area contributed by atoms with E-state index in [0.717, 1.165) is 34.6 Å². The van der Waals surface area contributed by atoms with E-state index in [0.29, 0.717) is 11.3 Å². The Morgan fingerprint density at radius 3 is 2.92 bits per heavy atom. The van der Waals surface area contributed by atoms with Crippen LogP contribution in [-0.2, 0) is 0 Å². The summed E-state index contributed by atoms with van der Waals surface area (Å²) < 4.78 is 1.11. The van der Waals surface area contributed by atoms with Gasteiger partial charge in [-0.05, 0) is 50.5 Å². The van der Waals surface area contributed by atoms with Gasteiger partial charge >= 0.3 is 0 Å². The number of carbonyl (C=O) groups excluding carboxylic acids is 1. The Morgan fingerprint density at radius 2 is 2.08 bits per heavy atom. The lowest BCUT2D eigenvalue weighted by molar-refractivity contribution is 0.0636. The highest BCUT2D eigenvalue weighted by molar-refractivity contribution is 7.21. The predicted molar refractivity (Wildman–Crippen MR) is 97.2 cm³/mol. The molecule has 0 saturated carbocycles. The molecule has 4 rings (SSSR count). The van der Waals surface area contributed by atoms with E-state index in [1.807, 2.05) is 41.3 Å². The Hall–Kier alpha value is -2.27. The van der Waals surface area contributed by atoms with Crippen molar-refractivity contribution in [3.8, 4) is 10.7 Å². The first-order valence-corrected chi connectivity index (χ1v) is 9.17. The molecule has 1 aliphatic heterocycles. The van der Waals surface area contributed by atoms with Crippen LogP contribution in [0.3, 0.4) is 0 Å². The van der Waals surface area contributed by atoms with Gasteiger partial charge in [-0.25, -0.2) is 4.98 Å². The third kappa shape index (κ3) is 2.69. The zero-order chi connectivity index (χ0) is 16.5. The number of likely N-dealkylation sites (tertiary alicyclic amines) is 1. The summed E-state index contributed by atoms with van der Waals surface area (Å²) in [7, 11) is 0. The Labute approximate surface area is 145 Å². The van der Waals surface area contributed by atoms with Gasteiger partial charge in [0.15, 0.2) is 0 Å². The number of benzene rings is 1. The van der Waals surface area contributed by atoms with Gasteiger partial charge in [0.2, 0.25) is 0 Å². The number of rotatable bonds is 2. The highest BCUT2D eigenvalue weighted by atomic mass is 32.1. The molecule has 1 atom stereocenters. The molecular formula is C19H19N3OS. The van der Waals surface area contributed by atoms with Crippen molar-refractivity contribution in [2.24, 2.45) is 0 Å². The highest BCUT2D eigenvalue weighted by Crippen LogP contribution is 2.31. The smallest absolute Gasteiger partial charge is 0.256 e. The molecule has 2 aromatic heterocycles. The topological polar surface area (TPSA) is 46.1 Å². The van der Waals surface area contributed by atoms with Crippen LogP contribution in [0, 0.1) is 0 Å². The maximum absolute atomic E-state index is 13.1. The molecule has 3 aromatic rings. The molecular weight excluding hydrogens is 318 g/mol. The van der Waals surface area contributed by atoms with Gasteiger partial charge in [0, 0.05) is 18.8 Å². The van der Waals surface area contributed by atoms with Crippen molar-refractivity contribution >= 4 is 27.5 Å². The van der Waals surface area contributed by atoms with Crippen molar-refractivity contribution in [2.45, 2.75) is 32.2 Å². The van der Waals surface area contributed by atoms with Gasteiger partial charge < -0.3 is 4.90 Å². The highest BCUT2D eigenvalue weighted by Gasteiger charge is 2.27. The van der Waals surface area contributed by atoms with Gasteiger partial charge in [-0.2, -0.15) is 0 Å². The number of thiazole rings is 1. The summed E-state index contributed by atoms with van der Waals surface area (Å²) in [5, 5.41) is 0.810. The molecule has 1 amide bonds. The van der Waals surface area contributed by atoms with E-state index >= 15 is 0 Å². The lowest BCUT2D eigenvalue weighted by Gasteiger charge is -2.33. The van der Waals surface area contributed by atoms with Crippen LogP contribution in [0.5, 0.6) is 0 Å². The van der Waals surface area contributed by atoms with Crippen LogP contribution >= 0.6 is 11.3 Å². The van der Waals surface area contributed by atoms with Gasteiger partial charge in [0.1, 0.15) is 10.7 Å². The molecule has 0 radical (unpaired) electrons. The molecule has 1 fully saturated rings. The third-order valence-corrected chi connectivity index (χ3v) is 5.64. The Bertz CT molecular complexity index is 856. The number of fused-ring (bicyclic) bond motifs is 1. The number of aromatic nitrogens is 2. The first-order valence-electron chi connectivity index (χ1n) is 8.36. The number of hydrogen-bond acceptors (Lipinski definition) is 4. The van der Waals surface area contributed by atoms with Crippen LogP contribution in [0.15, 0.2) is 42.6 Å². The number of nitrogens with zero attached hydrogens (tertiary/aromatic N) is 3. The lowest BCUT2D eigenvalue weighted by Crippen LogP contribution is -2.42. The lowest BCUT2D eigenvalue weighted by atomic mass is 10.0. The van der Waals surface area contributed by atoms with Gasteiger partial charge in [-0.1, -0.05) is 12.1 Å². The van der Waals surface area contributed by atoms with E-state index in [1.165, 1.54) is 6.42 Å². The second-order valence-electron chi connectivity index (χ2n) is 6.23. The van der Waals surface area contributed by atoms with Crippen LogP contribution in [0.1, 0.15) is 36.5 Å². The molecule has 1 aromatic carbocycles. The third-order valence-electron chi connectivity index (χ3n) is 4.60. The molecule has 5 heteroatoms. The minimum atomic E-state index is 0.0737. The minimum absolute atomic E-state index is 0.0737. The maximum Gasteiger partial charge on any atom is 0.256 e. The molecule has 0 aliphatic carbocycles. The average Bonchev–Trinajstić information content (AvgIpc) is 3.05.